The molecule has 0 N–H and O–H groups in total. The average Bonchev–Trinajstić information content (AvgIpc) is 3.40. The molecule has 0 aromatic heterocycles. The first kappa shape index (κ1) is 71.1. The monoisotopic (exact) mass is 1030 g/mol. The van der Waals surface area contributed by atoms with Gasteiger partial charge in [-0.1, -0.05) is 313 Å². The lowest BCUT2D eigenvalue weighted by atomic mass is 10.0. The van der Waals surface area contributed by atoms with Crippen LogP contribution in [0.2, 0.25) is 0 Å². The zero-order valence-electron chi connectivity index (χ0n) is 49.4. The van der Waals surface area contributed by atoms with Gasteiger partial charge in [0.2, 0.25) is 0 Å². The normalized spacial score (nSPS) is 12.4. The van der Waals surface area contributed by atoms with Crippen LogP contribution in [-0.2, 0) is 28.6 Å². The van der Waals surface area contributed by atoms with Crippen molar-refractivity contribution >= 4 is 17.9 Å². The summed E-state index contributed by atoms with van der Waals surface area (Å²) < 4.78 is 16.9. The van der Waals surface area contributed by atoms with Crippen LogP contribution in [0.3, 0.4) is 0 Å². The summed E-state index contributed by atoms with van der Waals surface area (Å²) in [5.41, 5.74) is 0. The quantitative estimate of drug-likeness (QED) is 0.0261. The van der Waals surface area contributed by atoms with Gasteiger partial charge in [0, 0.05) is 19.3 Å². The molecule has 430 valence electrons. The van der Waals surface area contributed by atoms with Gasteiger partial charge in [0.1, 0.15) is 13.2 Å². The lowest BCUT2D eigenvalue weighted by Gasteiger charge is -2.18. The third kappa shape index (κ3) is 60.0. The fourth-order valence-corrected chi connectivity index (χ4v) is 9.47. The van der Waals surface area contributed by atoms with Gasteiger partial charge in [0.05, 0.1) is 0 Å². The first-order chi connectivity index (χ1) is 36.5. The minimum atomic E-state index is -0.770. The smallest absolute Gasteiger partial charge is 0.306 e. The van der Waals surface area contributed by atoms with E-state index in [-0.39, 0.29) is 31.1 Å². The largest absolute Gasteiger partial charge is 0.462 e. The van der Waals surface area contributed by atoms with Crippen LogP contribution in [0.1, 0.15) is 335 Å². The van der Waals surface area contributed by atoms with Crippen molar-refractivity contribution in [3.8, 4) is 0 Å². The number of rotatable bonds is 59. The molecular formula is C68H122O6. The number of allylic oxidation sites excluding steroid dienone is 10. The molecule has 6 nitrogen and oxygen atoms in total. The molecule has 6 heteroatoms. The van der Waals surface area contributed by atoms with Crippen LogP contribution in [0.4, 0.5) is 0 Å². The molecule has 0 aliphatic rings. The van der Waals surface area contributed by atoms with Crippen LogP contribution in [0.5, 0.6) is 0 Å². The van der Waals surface area contributed by atoms with E-state index in [0.717, 1.165) is 89.9 Å². The minimum Gasteiger partial charge on any atom is -0.462 e. The molecule has 74 heavy (non-hydrogen) atoms. The molecule has 0 fully saturated rings. The molecule has 0 aliphatic heterocycles. The molecule has 0 aliphatic carbocycles. The van der Waals surface area contributed by atoms with Gasteiger partial charge in [-0.05, 0) is 64.2 Å². The van der Waals surface area contributed by atoms with Gasteiger partial charge in [-0.15, -0.1) is 0 Å². The van der Waals surface area contributed by atoms with E-state index in [9.17, 15) is 14.4 Å². The standard InChI is InChI=1S/C68H122O6/c1-4-7-10-13-16-18-20-22-24-26-28-30-32-33-34-35-36-38-39-41-43-45-47-49-52-55-58-61-67(70)73-64-65(63-72-66(69)60-57-54-51-15-12-9-6-3)74-68(71)62-59-56-53-50-48-46-44-42-40-37-31-29-27-25-23-21-19-17-14-11-8-5-2/h7,10,16,18,22,24,28,30,33-34,65H,4-6,8-9,11-15,17,19-21,23,25-27,29,31-32,35-64H2,1-3H3/b10-7-,18-16-,24-22-,30-28-,34-33-. The minimum absolute atomic E-state index is 0.0706. The summed E-state index contributed by atoms with van der Waals surface area (Å²) in [5.74, 6) is -0.862. The number of unbranched alkanes of at least 4 members (excludes halogenated alkanes) is 38. The summed E-state index contributed by atoms with van der Waals surface area (Å²) in [6.45, 7) is 6.53. The van der Waals surface area contributed by atoms with Crippen molar-refractivity contribution in [2.45, 2.75) is 341 Å². The Kier molecular flexibility index (Phi) is 60.2. The summed E-state index contributed by atoms with van der Waals surface area (Å²) in [4.78, 5) is 38.1. The maximum Gasteiger partial charge on any atom is 0.306 e. The number of hydrogen-bond acceptors (Lipinski definition) is 6. The van der Waals surface area contributed by atoms with E-state index in [4.69, 9.17) is 14.2 Å². The zero-order chi connectivity index (χ0) is 53.6. The molecule has 0 heterocycles. The first-order valence-electron chi connectivity index (χ1n) is 32.3. The number of carbonyl (C=O) groups is 3. The van der Waals surface area contributed by atoms with Crippen LogP contribution < -0.4 is 0 Å². The van der Waals surface area contributed by atoms with Crippen LogP contribution in [0.25, 0.3) is 0 Å². The molecular weight excluding hydrogens is 913 g/mol. The van der Waals surface area contributed by atoms with Crippen LogP contribution >= 0.6 is 0 Å². The predicted octanol–water partition coefficient (Wildman–Crippen LogP) is 21.9. The van der Waals surface area contributed by atoms with Gasteiger partial charge >= 0.3 is 17.9 Å². The highest BCUT2D eigenvalue weighted by Crippen LogP contribution is 2.18. The van der Waals surface area contributed by atoms with E-state index < -0.39 is 6.10 Å². The van der Waals surface area contributed by atoms with E-state index in [1.54, 1.807) is 0 Å². The number of esters is 3. The molecule has 0 aromatic carbocycles. The van der Waals surface area contributed by atoms with E-state index >= 15 is 0 Å². The molecule has 0 radical (unpaired) electrons. The Morgan fingerprint density at radius 2 is 0.527 bits per heavy atom. The van der Waals surface area contributed by atoms with Gasteiger partial charge < -0.3 is 14.2 Å². The van der Waals surface area contributed by atoms with Gasteiger partial charge in [-0.2, -0.15) is 0 Å². The molecule has 0 aromatic rings. The Labute approximate surface area is 460 Å². The summed E-state index contributed by atoms with van der Waals surface area (Å²) >= 11 is 0. The van der Waals surface area contributed by atoms with E-state index in [2.05, 4.69) is 81.5 Å². The Morgan fingerprint density at radius 1 is 0.284 bits per heavy atom. The zero-order valence-corrected chi connectivity index (χ0v) is 49.4. The number of carbonyl (C=O) groups excluding carboxylic acids is 3. The predicted molar refractivity (Wildman–Crippen MR) is 321 cm³/mol. The SMILES string of the molecule is CC/C=C\C/C=C\C/C=C\C/C=C\C/C=C\CCCCCCCCCCCCCC(=O)OCC(COC(=O)CCCCCCCCC)OC(=O)CCCCCCCCCCCCCCCCCCCCCCCC. The van der Waals surface area contributed by atoms with Gasteiger partial charge in [0.25, 0.3) is 0 Å². The number of hydrogen-bond donors (Lipinski definition) is 0. The summed E-state index contributed by atoms with van der Waals surface area (Å²) in [6.07, 6.45) is 79.7. The van der Waals surface area contributed by atoms with E-state index in [0.29, 0.717) is 19.3 Å². The maximum absolute atomic E-state index is 12.9. The van der Waals surface area contributed by atoms with Crippen molar-refractivity contribution < 1.29 is 28.6 Å². The van der Waals surface area contributed by atoms with Gasteiger partial charge in [-0.25, -0.2) is 0 Å². The second-order valence-electron chi connectivity index (χ2n) is 21.7. The highest BCUT2D eigenvalue weighted by molar-refractivity contribution is 5.71. The van der Waals surface area contributed by atoms with Crippen molar-refractivity contribution in [2.24, 2.45) is 0 Å². The molecule has 0 saturated heterocycles. The third-order valence-corrected chi connectivity index (χ3v) is 14.3. The van der Waals surface area contributed by atoms with Crippen molar-refractivity contribution in [2.75, 3.05) is 13.2 Å². The van der Waals surface area contributed by atoms with Crippen LogP contribution in [0.15, 0.2) is 60.8 Å². The lowest BCUT2D eigenvalue weighted by molar-refractivity contribution is -0.167. The Bertz CT molecular complexity index is 1330. The highest BCUT2D eigenvalue weighted by Gasteiger charge is 2.19. The van der Waals surface area contributed by atoms with Crippen LogP contribution in [0, 0.1) is 0 Å². The Hall–Kier alpha value is -2.89. The molecule has 0 bridgehead atoms. The fourth-order valence-electron chi connectivity index (χ4n) is 9.47. The average molecular weight is 1040 g/mol. The van der Waals surface area contributed by atoms with Crippen molar-refractivity contribution in [3.63, 3.8) is 0 Å². The molecule has 1 atom stereocenters. The van der Waals surface area contributed by atoms with Gasteiger partial charge in [0.15, 0.2) is 6.10 Å². The second-order valence-corrected chi connectivity index (χ2v) is 21.7. The van der Waals surface area contributed by atoms with E-state index in [1.807, 2.05) is 0 Å². The van der Waals surface area contributed by atoms with Crippen LogP contribution in [-0.4, -0.2) is 37.2 Å². The summed E-state index contributed by atoms with van der Waals surface area (Å²) in [6, 6.07) is 0. The number of ether oxygens (including phenoxy) is 3. The second kappa shape index (κ2) is 62.6. The first-order valence-corrected chi connectivity index (χ1v) is 32.3. The van der Waals surface area contributed by atoms with Crippen molar-refractivity contribution in [1.82, 2.24) is 0 Å². The van der Waals surface area contributed by atoms with Crippen molar-refractivity contribution in [3.05, 3.63) is 60.8 Å². The van der Waals surface area contributed by atoms with Crippen molar-refractivity contribution in [1.29, 1.82) is 0 Å². The molecule has 0 saturated carbocycles. The molecule has 1 unspecified atom stereocenters. The lowest BCUT2D eigenvalue weighted by Crippen LogP contribution is -2.30. The molecule has 0 spiro atoms. The molecule has 0 rings (SSSR count). The topological polar surface area (TPSA) is 78.9 Å². The van der Waals surface area contributed by atoms with E-state index in [1.165, 1.54) is 205 Å². The summed E-state index contributed by atoms with van der Waals surface area (Å²) in [5, 5.41) is 0. The summed E-state index contributed by atoms with van der Waals surface area (Å²) in [7, 11) is 0. The molecule has 0 amide bonds. The maximum atomic E-state index is 12.9. The van der Waals surface area contributed by atoms with Gasteiger partial charge in [-0.3, -0.25) is 14.4 Å². The Morgan fingerprint density at radius 3 is 0.824 bits per heavy atom. The highest BCUT2D eigenvalue weighted by atomic mass is 16.6. The fraction of sp³-hybridized carbons (Fsp3) is 0.809. The third-order valence-electron chi connectivity index (χ3n) is 14.3. The Balaban J connectivity index is 4.10.